The Morgan fingerprint density at radius 2 is 1.94 bits per heavy atom. The van der Waals surface area contributed by atoms with E-state index >= 15 is 0 Å². The normalized spacial score (nSPS) is 15.9. The van der Waals surface area contributed by atoms with E-state index in [-0.39, 0.29) is 23.8 Å². The number of carbonyl (C=O) groups excluding carboxylic acids is 1. The molecular formula is C24H29N7O4. The van der Waals surface area contributed by atoms with E-state index in [0.29, 0.717) is 31.0 Å². The highest BCUT2D eigenvalue weighted by Crippen LogP contribution is 2.25. The summed E-state index contributed by atoms with van der Waals surface area (Å²) in [5, 5.41) is 12.5. The van der Waals surface area contributed by atoms with Gasteiger partial charge in [-0.25, -0.2) is 9.59 Å². The van der Waals surface area contributed by atoms with Crippen LogP contribution in [0.4, 0.5) is 10.7 Å². The number of amides is 1. The zero-order valence-corrected chi connectivity index (χ0v) is 20.5. The van der Waals surface area contributed by atoms with E-state index in [4.69, 9.17) is 9.72 Å². The van der Waals surface area contributed by atoms with Crippen LogP contribution in [0.15, 0.2) is 33.9 Å². The maximum atomic E-state index is 13.2. The van der Waals surface area contributed by atoms with Crippen molar-refractivity contribution in [2.45, 2.75) is 45.4 Å². The van der Waals surface area contributed by atoms with Crippen molar-refractivity contribution in [3.8, 4) is 6.07 Å². The number of carbonyl (C=O) groups is 1. The molecule has 1 atom stereocenters. The molecule has 2 aromatic heterocycles. The van der Waals surface area contributed by atoms with Gasteiger partial charge < -0.3 is 15.0 Å². The molecule has 184 valence electrons. The molecule has 1 saturated heterocycles. The van der Waals surface area contributed by atoms with Crippen molar-refractivity contribution in [2.75, 3.05) is 18.0 Å². The largest absolute Gasteiger partial charge is 0.444 e. The Morgan fingerprint density at radius 3 is 2.63 bits per heavy atom. The quantitative estimate of drug-likeness (QED) is 0.600. The molecule has 11 heteroatoms. The Kier molecular flexibility index (Phi) is 6.15. The van der Waals surface area contributed by atoms with Crippen LogP contribution in [0, 0.1) is 11.3 Å². The number of hydrogen-bond acceptors (Lipinski definition) is 7. The summed E-state index contributed by atoms with van der Waals surface area (Å²) in [6, 6.07) is 9.19. The molecule has 0 radical (unpaired) electrons. The van der Waals surface area contributed by atoms with E-state index in [1.165, 1.54) is 11.6 Å². The van der Waals surface area contributed by atoms with E-state index in [9.17, 15) is 19.6 Å². The first-order valence-electron chi connectivity index (χ1n) is 11.4. The van der Waals surface area contributed by atoms with E-state index < -0.39 is 22.9 Å². The molecule has 35 heavy (non-hydrogen) atoms. The average molecular weight is 480 g/mol. The van der Waals surface area contributed by atoms with Gasteiger partial charge in [-0.05, 0) is 38.8 Å². The summed E-state index contributed by atoms with van der Waals surface area (Å²) in [5.41, 5.74) is 0.241. The molecule has 3 aromatic rings. The topological polar surface area (TPSA) is 127 Å². The molecule has 0 spiro atoms. The number of alkyl carbamates (subject to hydrolysis) is 1. The van der Waals surface area contributed by atoms with Crippen molar-refractivity contribution in [1.82, 2.24) is 24.0 Å². The highest BCUT2D eigenvalue weighted by molar-refractivity contribution is 5.75. The Labute approximate surface area is 202 Å². The Morgan fingerprint density at radius 1 is 1.23 bits per heavy atom. The van der Waals surface area contributed by atoms with Crippen LogP contribution >= 0.6 is 0 Å². The molecule has 1 amide bonds. The summed E-state index contributed by atoms with van der Waals surface area (Å²) in [6.07, 6.45) is 0.172. The Bertz CT molecular complexity index is 1450. The zero-order valence-electron chi connectivity index (χ0n) is 20.5. The number of benzene rings is 1. The lowest BCUT2D eigenvalue weighted by atomic mass is 10.1. The lowest BCUT2D eigenvalue weighted by Gasteiger charge is -2.22. The smallest absolute Gasteiger partial charge is 0.407 e. The first-order valence-corrected chi connectivity index (χ1v) is 11.4. The van der Waals surface area contributed by atoms with E-state index in [1.54, 1.807) is 44.5 Å². The fraction of sp³-hybridized carbons (Fsp3) is 0.458. The predicted octanol–water partition coefficient (Wildman–Crippen LogP) is 1.46. The van der Waals surface area contributed by atoms with Crippen molar-refractivity contribution >= 4 is 23.2 Å². The monoisotopic (exact) mass is 479 g/mol. The minimum absolute atomic E-state index is 0.170. The summed E-state index contributed by atoms with van der Waals surface area (Å²) in [7, 11) is 3.01. The second kappa shape index (κ2) is 8.94. The Balaban J connectivity index is 1.76. The van der Waals surface area contributed by atoms with Crippen molar-refractivity contribution in [3.63, 3.8) is 0 Å². The highest BCUT2D eigenvalue weighted by Gasteiger charge is 2.31. The number of aromatic nitrogens is 4. The van der Waals surface area contributed by atoms with Gasteiger partial charge in [-0.3, -0.25) is 18.5 Å². The highest BCUT2D eigenvalue weighted by atomic mass is 16.6. The molecule has 1 aliphatic heterocycles. The van der Waals surface area contributed by atoms with Gasteiger partial charge in [-0.2, -0.15) is 10.2 Å². The minimum atomic E-state index is -0.602. The fourth-order valence-corrected chi connectivity index (χ4v) is 4.30. The molecule has 1 fully saturated rings. The van der Waals surface area contributed by atoms with Crippen LogP contribution in [-0.4, -0.2) is 49.5 Å². The number of imidazole rings is 1. The van der Waals surface area contributed by atoms with Gasteiger partial charge in [0.15, 0.2) is 11.2 Å². The second-order valence-electron chi connectivity index (χ2n) is 9.72. The zero-order chi connectivity index (χ0) is 25.5. The molecular weight excluding hydrogens is 450 g/mol. The number of nitrogens with one attached hydrogen (secondary N) is 1. The second-order valence-corrected chi connectivity index (χ2v) is 9.72. The lowest BCUT2D eigenvalue weighted by molar-refractivity contribution is 0.0509. The number of nitrogens with zero attached hydrogens (tertiary/aromatic N) is 6. The molecule has 11 nitrogen and oxygen atoms in total. The number of fused-ring (bicyclic) bond motifs is 1. The number of anilines is 1. The maximum absolute atomic E-state index is 13.2. The first-order chi connectivity index (χ1) is 16.5. The lowest BCUT2D eigenvalue weighted by Crippen LogP contribution is -2.40. The third-order valence-electron chi connectivity index (χ3n) is 5.99. The van der Waals surface area contributed by atoms with Crippen LogP contribution in [0.3, 0.4) is 0 Å². The number of nitriles is 1. The first kappa shape index (κ1) is 24.1. The van der Waals surface area contributed by atoms with E-state index in [2.05, 4.69) is 11.4 Å². The van der Waals surface area contributed by atoms with Gasteiger partial charge >= 0.3 is 11.8 Å². The molecule has 1 N–H and O–H groups in total. The Hall–Kier alpha value is -4.07. The van der Waals surface area contributed by atoms with Crippen molar-refractivity contribution < 1.29 is 9.53 Å². The van der Waals surface area contributed by atoms with Crippen molar-refractivity contribution in [3.05, 3.63) is 56.2 Å². The van der Waals surface area contributed by atoms with Gasteiger partial charge in [-0.1, -0.05) is 18.2 Å². The maximum Gasteiger partial charge on any atom is 0.407 e. The third-order valence-corrected chi connectivity index (χ3v) is 5.99. The van der Waals surface area contributed by atoms with Gasteiger partial charge in [0, 0.05) is 27.2 Å². The van der Waals surface area contributed by atoms with Crippen LogP contribution in [-0.2, 0) is 25.4 Å². The van der Waals surface area contributed by atoms with Crippen molar-refractivity contribution in [2.24, 2.45) is 14.1 Å². The van der Waals surface area contributed by atoms with Crippen LogP contribution in [0.1, 0.15) is 38.3 Å². The molecule has 4 rings (SSSR count). The van der Waals surface area contributed by atoms with Gasteiger partial charge in [0.25, 0.3) is 5.56 Å². The molecule has 3 heterocycles. The van der Waals surface area contributed by atoms with Gasteiger partial charge in [0.05, 0.1) is 24.2 Å². The number of hydrogen-bond donors (Lipinski definition) is 1. The molecule has 0 saturated carbocycles. The fourth-order valence-electron chi connectivity index (χ4n) is 4.30. The molecule has 0 bridgehead atoms. The average Bonchev–Trinajstić information content (AvgIpc) is 3.40. The molecule has 0 unspecified atom stereocenters. The summed E-state index contributed by atoms with van der Waals surface area (Å²) in [5.74, 6) is 0.500. The standard InChI is InChI=1S/C24H29N7O4/c1-24(2,3)35-22(33)26-17-10-11-30(14-17)21-27-19-18(20(32)29(5)23(34)28(19)4)31(21)13-16-9-7-6-8-15(16)12-25/h6-9,17H,10-11,13-14H2,1-5H3,(H,26,33)/t17-/m0/s1. The number of rotatable bonds is 4. The van der Waals surface area contributed by atoms with Gasteiger partial charge in [-0.15, -0.1) is 0 Å². The predicted molar refractivity (Wildman–Crippen MR) is 130 cm³/mol. The van der Waals surface area contributed by atoms with Gasteiger partial charge in [0.2, 0.25) is 5.95 Å². The van der Waals surface area contributed by atoms with Gasteiger partial charge in [0.1, 0.15) is 5.60 Å². The van der Waals surface area contributed by atoms with Crippen LogP contribution in [0.25, 0.3) is 11.2 Å². The number of ether oxygens (including phenoxy) is 1. The summed E-state index contributed by atoms with van der Waals surface area (Å²) < 4.78 is 9.53. The summed E-state index contributed by atoms with van der Waals surface area (Å²) in [4.78, 5) is 44.6. The molecule has 1 aromatic carbocycles. The van der Waals surface area contributed by atoms with Crippen LogP contribution < -0.4 is 21.5 Å². The summed E-state index contributed by atoms with van der Waals surface area (Å²) in [6.45, 7) is 6.68. The van der Waals surface area contributed by atoms with E-state index in [0.717, 1.165) is 10.1 Å². The van der Waals surface area contributed by atoms with Crippen LogP contribution in [0.2, 0.25) is 0 Å². The minimum Gasteiger partial charge on any atom is -0.444 e. The summed E-state index contributed by atoms with van der Waals surface area (Å²) >= 11 is 0. The SMILES string of the molecule is Cn1c(=O)c2c(nc(N3CC[C@H](NC(=O)OC(C)(C)C)C3)n2Cc2ccccc2C#N)n(C)c1=O. The molecule has 1 aliphatic rings. The van der Waals surface area contributed by atoms with Crippen molar-refractivity contribution in [1.29, 1.82) is 5.26 Å². The number of aryl methyl sites for hydroxylation is 1. The third kappa shape index (κ3) is 4.64. The van der Waals surface area contributed by atoms with Crippen LogP contribution in [0.5, 0.6) is 0 Å². The molecule has 0 aliphatic carbocycles. The van der Waals surface area contributed by atoms with E-state index in [1.807, 2.05) is 17.0 Å².